The molecule has 1 aromatic carbocycles. The third-order valence-corrected chi connectivity index (χ3v) is 3.44. The molecule has 3 rings (SSSR count). The fraction of sp³-hybridized carbons (Fsp3) is 0.333. The van der Waals surface area contributed by atoms with E-state index in [2.05, 4.69) is 16.3 Å². The van der Waals surface area contributed by atoms with Gasteiger partial charge in [0.2, 0.25) is 0 Å². The Hall–Kier alpha value is -2.28. The molecule has 1 heterocycles. The van der Waals surface area contributed by atoms with Crippen molar-refractivity contribution in [3.63, 3.8) is 0 Å². The van der Waals surface area contributed by atoms with Gasteiger partial charge >= 0.3 is 0 Å². The van der Waals surface area contributed by atoms with Crippen LogP contribution < -0.4 is 4.74 Å². The summed E-state index contributed by atoms with van der Waals surface area (Å²) in [6.45, 7) is 3.85. The van der Waals surface area contributed by atoms with Gasteiger partial charge in [0, 0.05) is 5.92 Å². The SMILES string of the molecule is Cc1cc(Oc2c(C)n[nH]c2C2CC2)ccc1C#N. The molecule has 4 nitrogen and oxygen atoms in total. The van der Waals surface area contributed by atoms with Crippen LogP contribution in [0.1, 0.15) is 41.3 Å². The molecule has 2 aromatic rings. The lowest BCUT2D eigenvalue weighted by atomic mass is 10.1. The van der Waals surface area contributed by atoms with Gasteiger partial charge in [-0.05, 0) is 50.5 Å². The molecule has 19 heavy (non-hydrogen) atoms. The summed E-state index contributed by atoms with van der Waals surface area (Å²) in [6, 6.07) is 7.67. The van der Waals surface area contributed by atoms with E-state index in [0.717, 1.165) is 28.5 Å². The Kier molecular flexibility index (Phi) is 2.75. The van der Waals surface area contributed by atoms with Crippen LogP contribution in [0.15, 0.2) is 18.2 Å². The van der Waals surface area contributed by atoms with E-state index >= 15 is 0 Å². The maximum Gasteiger partial charge on any atom is 0.171 e. The summed E-state index contributed by atoms with van der Waals surface area (Å²) in [4.78, 5) is 0. The van der Waals surface area contributed by atoms with Crippen LogP contribution in [0.5, 0.6) is 11.5 Å². The molecular weight excluding hydrogens is 238 g/mol. The molecule has 1 saturated carbocycles. The van der Waals surface area contributed by atoms with Crippen LogP contribution in [0.3, 0.4) is 0 Å². The second-order valence-electron chi connectivity index (χ2n) is 5.02. The van der Waals surface area contributed by atoms with Gasteiger partial charge in [0.15, 0.2) is 5.75 Å². The van der Waals surface area contributed by atoms with Gasteiger partial charge in [-0.2, -0.15) is 10.4 Å². The van der Waals surface area contributed by atoms with Gasteiger partial charge in [0.1, 0.15) is 11.4 Å². The third-order valence-electron chi connectivity index (χ3n) is 3.44. The standard InChI is InChI=1S/C15H15N3O/c1-9-7-13(6-5-12(9)8-16)19-15-10(2)17-18-14(15)11-3-4-11/h5-7,11H,3-4H2,1-2H3,(H,17,18). The molecule has 1 aliphatic carbocycles. The Bertz CT molecular complexity index is 663. The monoisotopic (exact) mass is 253 g/mol. The number of rotatable bonds is 3. The molecule has 0 amide bonds. The largest absolute Gasteiger partial charge is 0.453 e. The minimum atomic E-state index is 0.565. The zero-order valence-corrected chi connectivity index (χ0v) is 11.0. The van der Waals surface area contributed by atoms with E-state index in [1.54, 1.807) is 6.07 Å². The maximum atomic E-state index is 8.93. The predicted octanol–water partition coefficient (Wildman–Crippen LogP) is 3.57. The quantitative estimate of drug-likeness (QED) is 0.909. The molecule has 0 saturated heterocycles. The zero-order chi connectivity index (χ0) is 13.4. The number of ether oxygens (including phenoxy) is 1. The van der Waals surface area contributed by atoms with Gasteiger partial charge in [-0.25, -0.2) is 0 Å². The van der Waals surface area contributed by atoms with Crippen molar-refractivity contribution in [2.24, 2.45) is 0 Å². The molecule has 0 bridgehead atoms. The number of nitrogens with one attached hydrogen (secondary N) is 1. The minimum absolute atomic E-state index is 0.565. The maximum absolute atomic E-state index is 8.93. The highest BCUT2D eigenvalue weighted by molar-refractivity contribution is 5.45. The van der Waals surface area contributed by atoms with Gasteiger partial charge in [-0.1, -0.05) is 0 Å². The van der Waals surface area contributed by atoms with Crippen molar-refractivity contribution in [3.8, 4) is 17.6 Å². The second-order valence-corrected chi connectivity index (χ2v) is 5.02. The number of H-pyrrole nitrogens is 1. The molecule has 0 spiro atoms. The van der Waals surface area contributed by atoms with Crippen LogP contribution in [0.25, 0.3) is 0 Å². The number of aromatic nitrogens is 2. The fourth-order valence-electron chi connectivity index (χ4n) is 2.16. The molecule has 1 N–H and O–H groups in total. The topological polar surface area (TPSA) is 61.7 Å². The predicted molar refractivity (Wildman–Crippen MR) is 71.3 cm³/mol. The first-order valence-corrected chi connectivity index (χ1v) is 6.42. The Morgan fingerprint density at radius 3 is 2.79 bits per heavy atom. The Morgan fingerprint density at radius 1 is 1.37 bits per heavy atom. The first-order chi connectivity index (χ1) is 9.19. The molecule has 1 fully saturated rings. The van der Waals surface area contributed by atoms with E-state index in [0.29, 0.717) is 11.5 Å². The van der Waals surface area contributed by atoms with E-state index in [9.17, 15) is 0 Å². The number of benzene rings is 1. The van der Waals surface area contributed by atoms with Crippen molar-refractivity contribution in [1.82, 2.24) is 10.2 Å². The normalized spacial score (nSPS) is 14.2. The Morgan fingerprint density at radius 2 is 2.16 bits per heavy atom. The van der Waals surface area contributed by atoms with Gasteiger partial charge in [-0.15, -0.1) is 0 Å². The highest BCUT2D eigenvalue weighted by atomic mass is 16.5. The molecule has 1 aromatic heterocycles. The van der Waals surface area contributed by atoms with E-state index in [4.69, 9.17) is 10.00 Å². The molecule has 4 heteroatoms. The van der Waals surface area contributed by atoms with Crippen LogP contribution >= 0.6 is 0 Å². The summed E-state index contributed by atoms with van der Waals surface area (Å²) < 4.78 is 5.96. The summed E-state index contributed by atoms with van der Waals surface area (Å²) in [6.07, 6.45) is 2.40. The van der Waals surface area contributed by atoms with E-state index in [1.807, 2.05) is 26.0 Å². The highest BCUT2D eigenvalue weighted by Gasteiger charge is 2.30. The Labute approximate surface area is 112 Å². The molecule has 0 radical (unpaired) electrons. The first-order valence-electron chi connectivity index (χ1n) is 6.42. The number of hydrogen-bond acceptors (Lipinski definition) is 3. The Balaban J connectivity index is 1.91. The summed E-state index contributed by atoms with van der Waals surface area (Å²) in [5.41, 5.74) is 3.58. The van der Waals surface area contributed by atoms with Crippen molar-refractivity contribution < 1.29 is 4.74 Å². The van der Waals surface area contributed by atoms with Crippen molar-refractivity contribution >= 4 is 0 Å². The van der Waals surface area contributed by atoms with E-state index in [-0.39, 0.29) is 0 Å². The number of aryl methyl sites for hydroxylation is 2. The fourth-order valence-corrected chi connectivity index (χ4v) is 2.16. The summed E-state index contributed by atoms with van der Waals surface area (Å²) in [7, 11) is 0. The molecule has 96 valence electrons. The van der Waals surface area contributed by atoms with Crippen molar-refractivity contribution in [2.45, 2.75) is 32.6 Å². The van der Waals surface area contributed by atoms with Gasteiger partial charge in [0.05, 0.1) is 17.3 Å². The lowest BCUT2D eigenvalue weighted by molar-refractivity contribution is 0.472. The van der Waals surface area contributed by atoms with E-state index in [1.165, 1.54) is 12.8 Å². The van der Waals surface area contributed by atoms with Crippen molar-refractivity contribution in [1.29, 1.82) is 5.26 Å². The van der Waals surface area contributed by atoms with Crippen LogP contribution in [-0.2, 0) is 0 Å². The average molecular weight is 253 g/mol. The van der Waals surface area contributed by atoms with Crippen molar-refractivity contribution in [2.75, 3.05) is 0 Å². The molecule has 0 unspecified atom stereocenters. The molecular formula is C15H15N3O. The number of hydrogen-bond donors (Lipinski definition) is 1. The lowest BCUT2D eigenvalue weighted by Gasteiger charge is -2.08. The number of nitrogens with zero attached hydrogens (tertiary/aromatic N) is 2. The van der Waals surface area contributed by atoms with Crippen LogP contribution in [0.2, 0.25) is 0 Å². The first kappa shape index (κ1) is 11.8. The molecule has 1 aliphatic rings. The van der Waals surface area contributed by atoms with E-state index < -0.39 is 0 Å². The lowest BCUT2D eigenvalue weighted by Crippen LogP contribution is -1.91. The second kappa shape index (κ2) is 4.43. The van der Waals surface area contributed by atoms with Crippen molar-refractivity contribution in [3.05, 3.63) is 40.7 Å². The summed E-state index contributed by atoms with van der Waals surface area (Å²) in [5.74, 6) is 2.16. The number of aromatic amines is 1. The van der Waals surface area contributed by atoms with Crippen LogP contribution in [0.4, 0.5) is 0 Å². The summed E-state index contributed by atoms with van der Waals surface area (Å²) in [5, 5.41) is 16.2. The van der Waals surface area contributed by atoms with Gasteiger partial charge in [0.25, 0.3) is 0 Å². The summed E-state index contributed by atoms with van der Waals surface area (Å²) >= 11 is 0. The minimum Gasteiger partial charge on any atom is -0.453 e. The highest BCUT2D eigenvalue weighted by Crippen LogP contribution is 2.45. The molecule has 0 atom stereocenters. The van der Waals surface area contributed by atoms with Crippen LogP contribution in [-0.4, -0.2) is 10.2 Å². The number of nitriles is 1. The van der Waals surface area contributed by atoms with Gasteiger partial charge < -0.3 is 4.74 Å². The van der Waals surface area contributed by atoms with Gasteiger partial charge in [-0.3, -0.25) is 5.10 Å². The molecule has 0 aliphatic heterocycles. The zero-order valence-electron chi connectivity index (χ0n) is 11.0. The third kappa shape index (κ3) is 2.19. The smallest absolute Gasteiger partial charge is 0.171 e. The van der Waals surface area contributed by atoms with Crippen LogP contribution in [0, 0.1) is 25.2 Å². The average Bonchev–Trinajstić information content (AvgIpc) is 3.17.